The Hall–Kier alpha value is -1.16. The molecule has 0 aliphatic carbocycles. The fourth-order valence-corrected chi connectivity index (χ4v) is 1.88. The lowest BCUT2D eigenvalue weighted by Crippen LogP contribution is -1.96. The second-order valence-corrected chi connectivity index (χ2v) is 3.48. The maximum absolute atomic E-state index is 13.0. The number of rotatable bonds is 0. The summed E-state index contributed by atoms with van der Waals surface area (Å²) in [6, 6.07) is 2.95. The van der Waals surface area contributed by atoms with Gasteiger partial charge in [-0.15, -0.1) is 0 Å². The van der Waals surface area contributed by atoms with E-state index in [0.29, 0.717) is 10.9 Å². The minimum absolute atomic E-state index is 0.214. The quantitative estimate of drug-likeness (QED) is 0.666. The third-order valence-electron chi connectivity index (χ3n) is 1.76. The predicted octanol–water partition coefficient (Wildman–Crippen LogP) is 2.04. The number of aromatic amines is 1. The van der Waals surface area contributed by atoms with Gasteiger partial charge in [-0.3, -0.25) is 9.17 Å². The molecule has 1 aromatic carbocycles. The van der Waals surface area contributed by atoms with Crippen molar-refractivity contribution in [3.05, 3.63) is 33.9 Å². The molecule has 62 valence electrons. The third kappa shape index (κ3) is 0.956. The fourth-order valence-electron chi connectivity index (χ4n) is 1.07. The number of aryl methyl sites for hydroxylation is 1. The van der Waals surface area contributed by atoms with Crippen LogP contribution in [0.3, 0.4) is 0 Å². The summed E-state index contributed by atoms with van der Waals surface area (Å²) in [7, 11) is 0. The number of hydrogen-bond acceptors (Lipinski definition) is 2. The Balaban J connectivity index is 2.97. The van der Waals surface area contributed by atoms with Crippen LogP contribution in [0.5, 0.6) is 0 Å². The summed E-state index contributed by atoms with van der Waals surface area (Å²) in [6.07, 6.45) is 0. The lowest BCUT2D eigenvalue weighted by Gasteiger charge is -1.93. The lowest BCUT2D eigenvalue weighted by atomic mass is 10.2. The summed E-state index contributed by atoms with van der Waals surface area (Å²) in [5.74, 6) is -0.327. The number of nitrogens with one attached hydrogen (secondary N) is 1. The summed E-state index contributed by atoms with van der Waals surface area (Å²) in [6.45, 7) is 1.68. The number of fused-ring (bicyclic) bond motifs is 1. The Morgan fingerprint density at radius 2 is 2.25 bits per heavy atom. The average Bonchev–Trinajstić information content (AvgIpc) is 2.35. The molecule has 1 aromatic heterocycles. The summed E-state index contributed by atoms with van der Waals surface area (Å²) < 4.78 is 16.3. The molecule has 2 rings (SSSR count). The molecule has 2 aromatic rings. The molecule has 0 bridgehead atoms. The SMILES string of the molecule is Cc1cc2s[nH]c(=O)c2cc1F. The molecule has 0 radical (unpaired) electrons. The van der Waals surface area contributed by atoms with E-state index in [1.165, 1.54) is 17.6 Å². The van der Waals surface area contributed by atoms with Gasteiger partial charge < -0.3 is 0 Å². The van der Waals surface area contributed by atoms with Crippen LogP contribution in [0.25, 0.3) is 10.1 Å². The third-order valence-corrected chi connectivity index (χ3v) is 2.60. The van der Waals surface area contributed by atoms with Gasteiger partial charge in [0.2, 0.25) is 0 Å². The summed E-state index contributed by atoms with van der Waals surface area (Å²) in [5.41, 5.74) is 0.353. The Kier molecular flexibility index (Phi) is 1.51. The van der Waals surface area contributed by atoms with Gasteiger partial charge in [-0.2, -0.15) is 0 Å². The summed E-state index contributed by atoms with van der Waals surface area (Å²) in [4.78, 5) is 11.0. The van der Waals surface area contributed by atoms with Crippen LogP contribution >= 0.6 is 11.5 Å². The van der Waals surface area contributed by atoms with Gasteiger partial charge in [0.05, 0.1) is 10.1 Å². The van der Waals surface area contributed by atoms with Crippen molar-refractivity contribution in [2.75, 3.05) is 0 Å². The number of H-pyrrole nitrogens is 1. The molecule has 0 saturated heterocycles. The first kappa shape index (κ1) is 7.49. The largest absolute Gasteiger partial charge is 0.277 e. The highest BCUT2D eigenvalue weighted by Gasteiger charge is 2.04. The summed E-state index contributed by atoms with van der Waals surface area (Å²) in [5, 5.41) is 0.433. The highest BCUT2D eigenvalue weighted by Crippen LogP contribution is 2.18. The van der Waals surface area contributed by atoms with Crippen LogP contribution in [0, 0.1) is 12.7 Å². The van der Waals surface area contributed by atoms with Crippen LogP contribution in [-0.2, 0) is 0 Å². The van der Waals surface area contributed by atoms with Crippen molar-refractivity contribution in [3.8, 4) is 0 Å². The van der Waals surface area contributed by atoms with Crippen molar-refractivity contribution in [1.82, 2.24) is 4.37 Å². The number of halogens is 1. The number of hydrogen-bond donors (Lipinski definition) is 1. The first-order valence-electron chi connectivity index (χ1n) is 3.46. The van der Waals surface area contributed by atoms with E-state index >= 15 is 0 Å². The van der Waals surface area contributed by atoms with E-state index < -0.39 is 0 Å². The van der Waals surface area contributed by atoms with Crippen LogP contribution < -0.4 is 5.56 Å². The van der Waals surface area contributed by atoms with Crippen molar-refractivity contribution < 1.29 is 4.39 Å². The minimum Gasteiger partial charge on any atom is -0.277 e. The summed E-state index contributed by atoms with van der Waals surface area (Å²) >= 11 is 1.23. The lowest BCUT2D eigenvalue weighted by molar-refractivity contribution is 0.620. The van der Waals surface area contributed by atoms with E-state index in [4.69, 9.17) is 0 Å². The van der Waals surface area contributed by atoms with Gasteiger partial charge in [-0.1, -0.05) is 11.5 Å². The molecule has 1 heterocycles. The molecule has 0 atom stereocenters. The zero-order chi connectivity index (χ0) is 8.72. The van der Waals surface area contributed by atoms with Crippen LogP contribution in [0.4, 0.5) is 4.39 Å². The zero-order valence-corrected chi connectivity index (χ0v) is 7.17. The molecule has 2 nitrogen and oxygen atoms in total. The topological polar surface area (TPSA) is 32.9 Å². The van der Waals surface area contributed by atoms with Crippen molar-refractivity contribution in [2.45, 2.75) is 6.92 Å². The average molecular weight is 183 g/mol. The first-order valence-corrected chi connectivity index (χ1v) is 4.27. The van der Waals surface area contributed by atoms with Gasteiger partial charge in [0.25, 0.3) is 5.56 Å². The molecule has 12 heavy (non-hydrogen) atoms. The van der Waals surface area contributed by atoms with Gasteiger partial charge in [0, 0.05) is 0 Å². The van der Waals surface area contributed by atoms with E-state index in [1.54, 1.807) is 13.0 Å². The van der Waals surface area contributed by atoms with Gasteiger partial charge in [0.1, 0.15) is 5.82 Å². The highest BCUT2D eigenvalue weighted by molar-refractivity contribution is 7.13. The Morgan fingerprint density at radius 3 is 3.00 bits per heavy atom. The van der Waals surface area contributed by atoms with Gasteiger partial charge in [-0.25, -0.2) is 4.39 Å². The van der Waals surface area contributed by atoms with Gasteiger partial charge >= 0.3 is 0 Å². The predicted molar refractivity (Wildman–Crippen MR) is 47.1 cm³/mol. The van der Waals surface area contributed by atoms with Crippen molar-refractivity contribution >= 4 is 21.6 Å². The first-order chi connectivity index (χ1) is 5.68. The monoisotopic (exact) mass is 183 g/mol. The molecule has 0 unspecified atom stereocenters. The molecule has 4 heteroatoms. The normalized spacial score (nSPS) is 10.8. The minimum atomic E-state index is -0.327. The molecule has 0 aliphatic heterocycles. The fraction of sp³-hybridized carbons (Fsp3) is 0.125. The van der Waals surface area contributed by atoms with Crippen molar-refractivity contribution in [3.63, 3.8) is 0 Å². The van der Waals surface area contributed by atoms with Crippen molar-refractivity contribution in [2.24, 2.45) is 0 Å². The van der Waals surface area contributed by atoms with Crippen LogP contribution in [-0.4, -0.2) is 4.37 Å². The maximum atomic E-state index is 13.0. The van der Waals surface area contributed by atoms with Gasteiger partial charge in [-0.05, 0) is 24.6 Å². The molecule has 0 amide bonds. The Bertz CT molecular complexity index is 485. The smallest absolute Gasteiger partial charge is 0.266 e. The van der Waals surface area contributed by atoms with Crippen molar-refractivity contribution in [1.29, 1.82) is 0 Å². The van der Waals surface area contributed by atoms with E-state index in [2.05, 4.69) is 4.37 Å². The Labute approximate surface area is 71.8 Å². The molecule has 0 saturated carbocycles. The molecular weight excluding hydrogens is 177 g/mol. The molecule has 0 spiro atoms. The highest BCUT2D eigenvalue weighted by atomic mass is 32.1. The van der Waals surface area contributed by atoms with Crippen LogP contribution in [0.1, 0.15) is 5.56 Å². The van der Waals surface area contributed by atoms with E-state index in [-0.39, 0.29) is 11.4 Å². The Morgan fingerprint density at radius 1 is 1.50 bits per heavy atom. The zero-order valence-electron chi connectivity index (χ0n) is 6.35. The molecule has 1 N–H and O–H groups in total. The molecule has 0 aliphatic rings. The number of aromatic nitrogens is 1. The van der Waals surface area contributed by atoms with Gasteiger partial charge in [0.15, 0.2) is 0 Å². The van der Waals surface area contributed by atoms with E-state index in [1.807, 2.05) is 0 Å². The standard InChI is InChI=1S/C8H6FNOS/c1-4-2-7-5(3-6(4)9)8(11)10-12-7/h2-3H,1H3,(H,10,11). The van der Waals surface area contributed by atoms with Crippen LogP contribution in [0.15, 0.2) is 16.9 Å². The second kappa shape index (κ2) is 2.42. The maximum Gasteiger partial charge on any atom is 0.266 e. The molecular formula is C8H6FNOS. The van der Waals surface area contributed by atoms with Crippen LogP contribution in [0.2, 0.25) is 0 Å². The molecule has 0 fully saturated rings. The number of benzene rings is 1. The van der Waals surface area contributed by atoms with E-state index in [0.717, 1.165) is 4.70 Å². The van der Waals surface area contributed by atoms with E-state index in [9.17, 15) is 9.18 Å². The second-order valence-electron chi connectivity index (χ2n) is 2.63.